The maximum Gasteiger partial charge on any atom is 0.161 e. The van der Waals surface area contributed by atoms with E-state index in [0.29, 0.717) is 0 Å². The minimum absolute atomic E-state index is 0.287. The second kappa shape index (κ2) is 8.82. The first-order chi connectivity index (χ1) is 9.60. The van der Waals surface area contributed by atoms with Crippen molar-refractivity contribution in [1.29, 1.82) is 0 Å². The molecule has 4 heteroatoms. The van der Waals surface area contributed by atoms with E-state index in [1.165, 1.54) is 5.56 Å². The van der Waals surface area contributed by atoms with Crippen molar-refractivity contribution in [2.45, 2.75) is 33.4 Å². The molecule has 0 heterocycles. The zero-order valence-corrected chi connectivity index (χ0v) is 13.3. The van der Waals surface area contributed by atoms with E-state index in [2.05, 4.69) is 31.7 Å². The van der Waals surface area contributed by atoms with Crippen molar-refractivity contribution >= 4 is 0 Å². The SMILES string of the molecule is CCN(CCOC(C)C)Cc1ccc(OC)c(OC)c1. The van der Waals surface area contributed by atoms with E-state index in [4.69, 9.17) is 14.2 Å². The average Bonchev–Trinajstić information content (AvgIpc) is 2.45. The summed E-state index contributed by atoms with van der Waals surface area (Å²) in [4.78, 5) is 2.35. The predicted molar refractivity (Wildman–Crippen MR) is 81.6 cm³/mol. The minimum atomic E-state index is 0.287. The van der Waals surface area contributed by atoms with Gasteiger partial charge in [-0.15, -0.1) is 0 Å². The fraction of sp³-hybridized carbons (Fsp3) is 0.625. The van der Waals surface area contributed by atoms with Gasteiger partial charge in [-0.1, -0.05) is 13.0 Å². The Morgan fingerprint density at radius 1 is 1.10 bits per heavy atom. The summed E-state index contributed by atoms with van der Waals surface area (Å²) in [5.74, 6) is 1.54. The lowest BCUT2D eigenvalue weighted by Gasteiger charge is -2.21. The summed E-state index contributed by atoms with van der Waals surface area (Å²) in [6, 6.07) is 6.06. The molecule has 0 N–H and O–H groups in total. The second-order valence-corrected chi connectivity index (χ2v) is 4.98. The van der Waals surface area contributed by atoms with Crippen LogP contribution in [0.1, 0.15) is 26.3 Å². The Bertz CT molecular complexity index is 393. The molecule has 0 aromatic heterocycles. The average molecular weight is 281 g/mol. The molecule has 0 saturated heterocycles. The predicted octanol–water partition coefficient (Wildman–Crippen LogP) is 2.95. The zero-order valence-electron chi connectivity index (χ0n) is 13.3. The summed E-state index contributed by atoms with van der Waals surface area (Å²) >= 11 is 0. The van der Waals surface area contributed by atoms with Crippen molar-refractivity contribution in [1.82, 2.24) is 4.90 Å². The lowest BCUT2D eigenvalue weighted by molar-refractivity contribution is 0.0585. The zero-order chi connectivity index (χ0) is 15.0. The maximum atomic E-state index is 5.61. The van der Waals surface area contributed by atoms with Gasteiger partial charge in [-0.25, -0.2) is 0 Å². The van der Waals surface area contributed by atoms with Gasteiger partial charge in [-0.2, -0.15) is 0 Å². The van der Waals surface area contributed by atoms with Crippen LogP contribution < -0.4 is 9.47 Å². The summed E-state index contributed by atoms with van der Waals surface area (Å²) < 4.78 is 16.2. The van der Waals surface area contributed by atoms with Crippen LogP contribution >= 0.6 is 0 Å². The number of hydrogen-bond acceptors (Lipinski definition) is 4. The van der Waals surface area contributed by atoms with Crippen molar-refractivity contribution < 1.29 is 14.2 Å². The van der Waals surface area contributed by atoms with Crippen molar-refractivity contribution in [3.63, 3.8) is 0 Å². The summed E-state index contributed by atoms with van der Waals surface area (Å²) in [6.45, 7) is 9.86. The summed E-state index contributed by atoms with van der Waals surface area (Å²) in [7, 11) is 3.31. The highest BCUT2D eigenvalue weighted by Gasteiger charge is 2.08. The maximum absolute atomic E-state index is 5.61. The van der Waals surface area contributed by atoms with E-state index >= 15 is 0 Å². The smallest absolute Gasteiger partial charge is 0.161 e. The van der Waals surface area contributed by atoms with Crippen LogP contribution in [0.2, 0.25) is 0 Å². The molecular weight excluding hydrogens is 254 g/mol. The Kier molecular flexibility index (Phi) is 7.41. The summed E-state index contributed by atoms with van der Waals surface area (Å²) in [5.41, 5.74) is 1.22. The standard InChI is InChI=1S/C16H27NO3/c1-6-17(9-10-20-13(2)3)12-14-7-8-15(18-4)16(11-14)19-5/h7-8,11,13H,6,9-10,12H2,1-5H3. The molecule has 0 aliphatic carbocycles. The molecule has 0 amide bonds. The Balaban J connectivity index is 2.60. The van der Waals surface area contributed by atoms with Crippen LogP contribution in [-0.4, -0.2) is 44.9 Å². The second-order valence-electron chi connectivity index (χ2n) is 4.98. The number of likely N-dealkylation sites (N-methyl/N-ethyl adjacent to an activating group) is 1. The van der Waals surface area contributed by atoms with Crippen LogP contribution in [0.25, 0.3) is 0 Å². The lowest BCUT2D eigenvalue weighted by atomic mass is 10.2. The monoisotopic (exact) mass is 281 g/mol. The lowest BCUT2D eigenvalue weighted by Crippen LogP contribution is -2.27. The molecule has 0 spiro atoms. The van der Waals surface area contributed by atoms with Gasteiger partial charge >= 0.3 is 0 Å². The molecule has 1 rings (SSSR count). The highest BCUT2D eigenvalue weighted by Crippen LogP contribution is 2.27. The fourth-order valence-corrected chi connectivity index (χ4v) is 2.00. The van der Waals surface area contributed by atoms with Crippen LogP contribution in [0, 0.1) is 0 Å². The largest absolute Gasteiger partial charge is 0.493 e. The topological polar surface area (TPSA) is 30.9 Å². The van der Waals surface area contributed by atoms with Crippen LogP contribution in [0.4, 0.5) is 0 Å². The normalized spacial score (nSPS) is 11.2. The minimum Gasteiger partial charge on any atom is -0.493 e. The third-order valence-electron chi connectivity index (χ3n) is 3.16. The van der Waals surface area contributed by atoms with Gasteiger partial charge in [0.25, 0.3) is 0 Å². The Labute approximate surface area is 122 Å². The molecule has 0 radical (unpaired) electrons. The number of hydrogen-bond donors (Lipinski definition) is 0. The molecule has 4 nitrogen and oxygen atoms in total. The molecule has 1 aromatic carbocycles. The van der Waals surface area contributed by atoms with Crippen LogP contribution in [0.15, 0.2) is 18.2 Å². The van der Waals surface area contributed by atoms with E-state index in [9.17, 15) is 0 Å². The molecule has 1 aromatic rings. The Hall–Kier alpha value is -1.26. The van der Waals surface area contributed by atoms with Crippen molar-refractivity contribution in [2.75, 3.05) is 33.9 Å². The van der Waals surface area contributed by atoms with Gasteiger partial charge in [-0.3, -0.25) is 4.90 Å². The Morgan fingerprint density at radius 3 is 2.35 bits per heavy atom. The number of ether oxygens (including phenoxy) is 3. The third kappa shape index (κ3) is 5.39. The van der Waals surface area contributed by atoms with E-state index in [1.807, 2.05) is 12.1 Å². The van der Waals surface area contributed by atoms with Gasteiger partial charge < -0.3 is 14.2 Å². The quantitative estimate of drug-likeness (QED) is 0.696. The van der Waals surface area contributed by atoms with E-state index in [-0.39, 0.29) is 6.10 Å². The number of rotatable bonds is 9. The van der Waals surface area contributed by atoms with E-state index in [1.54, 1.807) is 14.2 Å². The molecule has 0 fully saturated rings. The van der Waals surface area contributed by atoms with Crippen LogP contribution in [-0.2, 0) is 11.3 Å². The van der Waals surface area contributed by atoms with Crippen molar-refractivity contribution in [2.24, 2.45) is 0 Å². The van der Waals surface area contributed by atoms with Gasteiger partial charge in [0, 0.05) is 13.1 Å². The van der Waals surface area contributed by atoms with Gasteiger partial charge in [-0.05, 0) is 38.1 Å². The fourth-order valence-electron chi connectivity index (χ4n) is 2.00. The van der Waals surface area contributed by atoms with Gasteiger partial charge in [0.1, 0.15) is 0 Å². The first-order valence-electron chi connectivity index (χ1n) is 7.15. The molecular formula is C16H27NO3. The molecule has 0 saturated carbocycles. The van der Waals surface area contributed by atoms with Crippen LogP contribution in [0.5, 0.6) is 11.5 Å². The number of methoxy groups -OCH3 is 2. The van der Waals surface area contributed by atoms with Gasteiger partial charge in [0.05, 0.1) is 26.9 Å². The molecule has 0 unspecified atom stereocenters. The van der Waals surface area contributed by atoms with E-state index in [0.717, 1.165) is 37.7 Å². The number of benzene rings is 1. The highest BCUT2D eigenvalue weighted by molar-refractivity contribution is 5.42. The molecule has 20 heavy (non-hydrogen) atoms. The van der Waals surface area contributed by atoms with Gasteiger partial charge in [0.15, 0.2) is 11.5 Å². The van der Waals surface area contributed by atoms with Crippen LogP contribution in [0.3, 0.4) is 0 Å². The summed E-state index contributed by atoms with van der Waals surface area (Å²) in [6.07, 6.45) is 0.287. The Morgan fingerprint density at radius 2 is 1.80 bits per heavy atom. The van der Waals surface area contributed by atoms with Gasteiger partial charge in [0.2, 0.25) is 0 Å². The molecule has 114 valence electrons. The summed E-state index contributed by atoms with van der Waals surface area (Å²) in [5, 5.41) is 0. The first-order valence-corrected chi connectivity index (χ1v) is 7.15. The highest BCUT2D eigenvalue weighted by atomic mass is 16.5. The molecule has 0 aliphatic heterocycles. The molecule has 0 bridgehead atoms. The van der Waals surface area contributed by atoms with E-state index < -0.39 is 0 Å². The first kappa shape index (κ1) is 16.8. The number of nitrogens with zero attached hydrogens (tertiary/aromatic N) is 1. The third-order valence-corrected chi connectivity index (χ3v) is 3.16. The van der Waals surface area contributed by atoms with Crippen molar-refractivity contribution in [3.05, 3.63) is 23.8 Å². The molecule has 0 atom stereocenters. The molecule has 0 aliphatic rings. The van der Waals surface area contributed by atoms with Crippen molar-refractivity contribution in [3.8, 4) is 11.5 Å².